The summed E-state index contributed by atoms with van der Waals surface area (Å²) < 4.78 is 6.51. The van der Waals surface area contributed by atoms with Crippen LogP contribution in [-0.2, 0) is 15.1 Å². The molecule has 0 unspecified atom stereocenters. The second-order valence-electron chi connectivity index (χ2n) is 6.13. The molecule has 1 aliphatic carbocycles. The highest BCUT2D eigenvalue weighted by Gasteiger charge is 2.40. The van der Waals surface area contributed by atoms with E-state index < -0.39 is 11.5 Å². The first-order chi connectivity index (χ1) is 11.5. The van der Waals surface area contributed by atoms with E-state index in [9.17, 15) is 14.7 Å². The number of hydrogen-bond donors (Lipinski definition) is 1. The zero-order chi connectivity index (χ0) is 17.3. The summed E-state index contributed by atoms with van der Waals surface area (Å²) in [6.45, 7) is 0. The lowest BCUT2D eigenvalue weighted by Crippen LogP contribution is -2.40. The van der Waals surface area contributed by atoms with Gasteiger partial charge in [-0.05, 0) is 30.5 Å². The summed E-state index contributed by atoms with van der Waals surface area (Å²) in [5.74, 6) is -1.44. The van der Waals surface area contributed by atoms with Crippen molar-refractivity contribution in [2.45, 2.75) is 44.1 Å². The van der Waals surface area contributed by atoms with Gasteiger partial charge in [0.05, 0.1) is 19.1 Å². The Hall–Kier alpha value is -2.15. The van der Waals surface area contributed by atoms with E-state index in [0.717, 1.165) is 19.3 Å². The Morgan fingerprint density at radius 2 is 2.08 bits per heavy atom. The number of methoxy groups -OCH3 is 1. The van der Waals surface area contributed by atoms with Crippen LogP contribution in [0.3, 0.4) is 0 Å². The monoisotopic (exact) mass is 351 g/mol. The van der Waals surface area contributed by atoms with Gasteiger partial charge in [-0.15, -0.1) is 0 Å². The summed E-state index contributed by atoms with van der Waals surface area (Å²) in [7, 11) is 1.34. The Labute approximate surface area is 143 Å². The van der Waals surface area contributed by atoms with Gasteiger partial charge in [-0.25, -0.2) is 9.78 Å². The molecule has 7 nitrogen and oxygen atoms in total. The summed E-state index contributed by atoms with van der Waals surface area (Å²) >= 11 is 5.92. The molecular weight excluding hydrogens is 334 g/mol. The normalized spacial score (nSPS) is 16.9. The van der Waals surface area contributed by atoms with Gasteiger partial charge < -0.3 is 14.4 Å². The Bertz CT molecular complexity index is 796. The maximum atomic E-state index is 12.0. The standard InChI is InChI=1S/C16H18ClN3O4/c1-24-12(21)8-16(5-3-2-4-6-16)20-11(14(22)23)7-10-9-18-15(17)19-13(10)20/h7,9H,2-6,8H2,1H3,(H,22,23). The topological polar surface area (TPSA) is 94.3 Å². The number of nitrogens with zero attached hydrogens (tertiary/aromatic N) is 3. The van der Waals surface area contributed by atoms with Crippen LogP contribution in [0.25, 0.3) is 11.0 Å². The van der Waals surface area contributed by atoms with Crippen LogP contribution in [0.5, 0.6) is 0 Å². The van der Waals surface area contributed by atoms with Gasteiger partial charge in [0.1, 0.15) is 11.3 Å². The molecule has 3 rings (SSSR count). The van der Waals surface area contributed by atoms with E-state index >= 15 is 0 Å². The molecule has 24 heavy (non-hydrogen) atoms. The van der Waals surface area contributed by atoms with E-state index in [1.54, 1.807) is 4.57 Å². The van der Waals surface area contributed by atoms with Gasteiger partial charge in [0, 0.05) is 11.6 Å². The summed E-state index contributed by atoms with van der Waals surface area (Å²) in [6.07, 6.45) is 5.86. The Balaban J connectivity index is 2.25. The molecule has 1 N–H and O–H groups in total. The minimum atomic E-state index is -1.07. The van der Waals surface area contributed by atoms with Gasteiger partial charge in [-0.2, -0.15) is 4.98 Å². The van der Waals surface area contributed by atoms with E-state index in [2.05, 4.69) is 9.97 Å². The van der Waals surface area contributed by atoms with Crippen LogP contribution in [0.4, 0.5) is 0 Å². The third kappa shape index (κ3) is 2.84. The maximum Gasteiger partial charge on any atom is 0.352 e. The second-order valence-corrected chi connectivity index (χ2v) is 6.46. The summed E-state index contributed by atoms with van der Waals surface area (Å²) in [5, 5.41) is 10.3. The molecule has 1 fully saturated rings. The fourth-order valence-corrected chi connectivity index (χ4v) is 3.76. The smallest absolute Gasteiger partial charge is 0.352 e. The summed E-state index contributed by atoms with van der Waals surface area (Å²) in [6, 6.07) is 1.53. The molecule has 1 aliphatic rings. The van der Waals surface area contributed by atoms with E-state index in [1.807, 2.05) is 0 Å². The molecule has 0 aromatic carbocycles. The van der Waals surface area contributed by atoms with Crippen LogP contribution in [-0.4, -0.2) is 38.7 Å². The number of carbonyl (C=O) groups excluding carboxylic acids is 1. The number of carboxylic acids is 1. The van der Waals surface area contributed by atoms with Crippen molar-refractivity contribution in [1.29, 1.82) is 0 Å². The fourth-order valence-electron chi connectivity index (χ4n) is 3.64. The number of fused-ring (bicyclic) bond motifs is 1. The molecule has 0 amide bonds. The molecule has 0 spiro atoms. The molecule has 0 aliphatic heterocycles. The number of rotatable bonds is 4. The first kappa shape index (κ1) is 16.7. The predicted octanol–water partition coefficient (Wildman–Crippen LogP) is 3.01. The number of carbonyl (C=O) groups is 2. The molecular formula is C16H18ClN3O4. The summed E-state index contributed by atoms with van der Waals surface area (Å²) in [4.78, 5) is 32.0. The maximum absolute atomic E-state index is 12.0. The van der Waals surface area contributed by atoms with Crippen LogP contribution >= 0.6 is 11.6 Å². The number of ether oxygens (including phenoxy) is 1. The number of halogens is 1. The zero-order valence-electron chi connectivity index (χ0n) is 13.3. The molecule has 2 heterocycles. The molecule has 128 valence electrons. The Morgan fingerprint density at radius 3 is 2.71 bits per heavy atom. The summed E-state index contributed by atoms with van der Waals surface area (Å²) in [5.41, 5.74) is -0.135. The third-order valence-electron chi connectivity index (χ3n) is 4.69. The van der Waals surface area contributed by atoms with Crippen molar-refractivity contribution in [3.63, 3.8) is 0 Å². The molecule has 0 saturated heterocycles. The van der Waals surface area contributed by atoms with Crippen molar-refractivity contribution < 1.29 is 19.4 Å². The van der Waals surface area contributed by atoms with Crippen molar-refractivity contribution >= 4 is 34.6 Å². The van der Waals surface area contributed by atoms with Crippen LogP contribution in [0.15, 0.2) is 12.3 Å². The number of aromatic carboxylic acids is 1. The Kier molecular flexibility index (Phi) is 4.45. The van der Waals surface area contributed by atoms with Gasteiger partial charge in [-0.3, -0.25) is 4.79 Å². The average molecular weight is 352 g/mol. The largest absolute Gasteiger partial charge is 0.477 e. The van der Waals surface area contributed by atoms with Gasteiger partial charge in [0.15, 0.2) is 0 Å². The predicted molar refractivity (Wildman–Crippen MR) is 87.2 cm³/mol. The molecule has 0 bridgehead atoms. The van der Waals surface area contributed by atoms with Crippen LogP contribution < -0.4 is 0 Å². The lowest BCUT2D eigenvalue weighted by Gasteiger charge is -2.39. The molecule has 8 heteroatoms. The zero-order valence-corrected chi connectivity index (χ0v) is 14.0. The van der Waals surface area contributed by atoms with E-state index in [0.29, 0.717) is 23.9 Å². The van der Waals surface area contributed by atoms with Gasteiger partial charge in [0.25, 0.3) is 0 Å². The van der Waals surface area contributed by atoms with Crippen molar-refractivity contribution in [2.75, 3.05) is 7.11 Å². The Morgan fingerprint density at radius 1 is 1.38 bits per heavy atom. The van der Waals surface area contributed by atoms with Crippen molar-refractivity contribution in [3.05, 3.63) is 23.2 Å². The highest BCUT2D eigenvalue weighted by molar-refractivity contribution is 6.28. The first-order valence-electron chi connectivity index (χ1n) is 7.81. The minimum Gasteiger partial charge on any atom is -0.477 e. The van der Waals surface area contributed by atoms with E-state index in [-0.39, 0.29) is 23.4 Å². The van der Waals surface area contributed by atoms with Gasteiger partial charge in [-0.1, -0.05) is 19.3 Å². The number of aromatic nitrogens is 3. The van der Waals surface area contributed by atoms with Crippen LogP contribution in [0.1, 0.15) is 49.0 Å². The average Bonchev–Trinajstić information content (AvgIpc) is 2.95. The molecule has 2 aromatic heterocycles. The lowest BCUT2D eigenvalue weighted by molar-refractivity contribution is -0.143. The quantitative estimate of drug-likeness (QED) is 0.672. The van der Waals surface area contributed by atoms with Crippen molar-refractivity contribution in [2.24, 2.45) is 0 Å². The number of esters is 1. The van der Waals surface area contributed by atoms with Crippen LogP contribution in [0, 0.1) is 0 Å². The molecule has 0 atom stereocenters. The van der Waals surface area contributed by atoms with Gasteiger partial charge in [0.2, 0.25) is 5.28 Å². The van der Waals surface area contributed by atoms with Crippen molar-refractivity contribution in [1.82, 2.24) is 14.5 Å². The molecule has 2 aromatic rings. The highest BCUT2D eigenvalue weighted by atomic mass is 35.5. The number of hydrogen-bond acceptors (Lipinski definition) is 5. The number of carboxylic acid groups (broad SMARTS) is 1. The van der Waals surface area contributed by atoms with Gasteiger partial charge >= 0.3 is 11.9 Å². The van der Waals surface area contributed by atoms with E-state index in [4.69, 9.17) is 16.3 Å². The second kappa shape index (κ2) is 6.39. The SMILES string of the molecule is COC(=O)CC1(n2c(C(=O)O)cc3cnc(Cl)nc32)CCCCC1. The first-order valence-corrected chi connectivity index (χ1v) is 8.19. The minimum absolute atomic E-state index is 0.0443. The fraction of sp³-hybridized carbons (Fsp3) is 0.500. The van der Waals surface area contributed by atoms with Crippen molar-refractivity contribution in [3.8, 4) is 0 Å². The lowest BCUT2D eigenvalue weighted by atomic mass is 9.78. The third-order valence-corrected chi connectivity index (χ3v) is 4.87. The highest BCUT2D eigenvalue weighted by Crippen LogP contribution is 2.41. The van der Waals surface area contributed by atoms with Crippen LogP contribution in [0.2, 0.25) is 5.28 Å². The molecule has 0 radical (unpaired) electrons. The van der Waals surface area contributed by atoms with E-state index in [1.165, 1.54) is 19.4 Å². The molecule has 1 saturated carbocycles.